The highest BCUT2D eigenvalue weighted by Crippen LogP contribution is 2.06. The fraction of sp³-hybridized carbons (Fsp3) is 0.294. The number of nitrogens with two attached hydrogens (primary N) is 1. The Labute approximate surface area is 145 Å². The maximum absolute atomic E-state index is 12.0. The summed E-state index contributed by atoms with van der Waals surface area (Å²) in [6.45, 7) is 0.971. The lowest BCUT2D eigenvalue weighted by molar-refractivity contribution is -0.124. The molecule has 0 aliphatic rings. The number of hydrogen-bond acceptors (Lipinski definition) is 6. The second kappa shape index (κ2) is 9.33. The van der Waals surface area contributed by atoms with E-state index in [4.69, 9.17) is 10.5 Å². The summed E-state index contributed by atoms with van der Waals surface area (Å²) in [6, 6.07) is 7.76. The first-order chi connectivity index (χ1) is 12.1. The average molecular weight is 343 g/mol. The number of rotatable bonds is 8. The molecule has 1 aromatic carbocycles. The van der Waals surface area contributed by atoms with E-state index < -0.39 is 0 Å². The fourth-order valence-corrected chi connectivity index (χ4v) is 2.14. The Hall–Kier alpha value is -3.00. The number of carbonyl (C=O) groups excluding carboxylic acids is 2. The quantitative estimate of drug-likeness (QED) is 0.634. The molecule has 0 aliphatic heterocycles. The number of anilines is 1. The van der Waals surface area contributed by atoms with Crippen molar-refractivity contribution < 1.29 is 14.3 Å². The van der Waals surface area contributed by atoms with E-state index in [2.05, 4.69) is 20.6 Å². The summed E-state index contributed by atoms with van der Waals surface area (Å²) >= 11 is 0. The van der Waals surface area contributed by atoms with Gasteiger partial charge in [0, 0.05) is 32.6 Å². The molecule has 0 unspecified atom stereocenters. The molecule has 25 heavy (non-hydrogen) atoms. The van der Waals surface area contributed by atoms with Crippen LogP contribution in [0.3, 0.4) is 0 Å². The van der Waals surface area contributed by atoms with Crippen LogP contribution < -0.4 is 16.4 Å². The van der Waals surface area contributed by atoms with Crippen molar-refractivity contribution in [1.82, 2.24) is 20.6 Å². The van der Waals surface area contributed by atoms with Crippen LogP contribution in [0, 0.1) is 0 Å². The Balaban J connectivity index is 1.79. The highest BCUT2D eigenvalue weighted by molar-refractivity contribution is 5.96. The topological polar surface area (TPSA) is 119 Å². The normalized spacial score (nSPS) is 10.3. The number of nitrogens with zero attached hydrogens (tertiary/aromatic N) is 2. The van der Waals surface area contributed by atoms with Crippen LogP contribution in [0.5, 0.6) is 0 Å². The second-order valence-electron chi connectivity index (χ2n) is 5.32. The molecule has 4 N–H and O–H groups in total. The fourth-order valence-electron chi connectivity index (χ4n) is 2.14. The standard InChI is InChI=1S/C17H21N5O3/c1-25-11-14(23)19-7-6-12-2-4-13(5-3-12)10-22-17(24)15-16(18)21-9-8-20-15/h2-5,8-9H,6-7,10-11H2,1H3,(H2,18,21)(H,19,23)(H,22,24). The molecule has 8 heteroatoms. The molecule has 0 saturated carbocycles. The predicted octanol–water partition coefficient (Wildman–Crippen LogP) is 0.294. The number of carbonyl (C=O) groups is 2. The van der Waals surface area contributed by atoms with Gasteiger partial charge in [0.1, 0.15) is 6.61 Å². The van der Waals surface area contributed by atoms with Gasteiger partial charge in [0.15, 0.2) is 11.5 Å². The summed E-state index contributed by atoms with van der Waals surface area (Å²) in [5.74, 6) is -0.397. The predicted molar refractivity (Wildman–Crippen MR) is 92.6 cm³/mol. The maximum Gasteiger partial charge on any atom is 0.273 e. The van der Waals surface area contributed by atoms with Gasteiger partial charge >= 0.3 is 0 Å². The summed E-state index contributed by atoms with van der Waals surface area (Å²) in [5, 5.41) is 5.52. The first-order valence-corrected chi connectivity index (χ1v) is 7.78. The molecule has 0 radical (unpaired) electrons. The summed E-state index contributed by atoms with van der Waals surface area (Å²) in [6.07, 6.45) is 3.58. The Morgan fingerprint density at radius 2 is 1.76 bits per heavy atom. The molecule has 0 atom stereocenters. The van der Waals surface area contributed by atoms with Gasteiger partial charge in [-0.05, 0) is 17.5 Å². The van der Waals surface area contributed by atoms with Crippen molar-refractivity contribution in [2.24, 2.45) is 0 Å². The van der Waals surface area contributed by atoms with E-state index in [1.165, 1.54) is 19.5 Å². The van der Waals surface area contributed by atoms with Crippen LogP contribution in [0.15, 0.2) is 36.7 Å². The zero-order chi connectivity index (χ0) is 18.1. The van der Waals surface area contributed by atoms with Crippen molar-refractivity contribution in [3.05, 3.63) is 53.5 Å². The average Bonchev–Trinajstić information content (AvgIpc) is 2.61. The molecule has 2 amide bonds. The molecule has 0 fully saturated rings. The van der Waals surface area contributed by atoms with Crippen molar-refractivity contribution >= 4 is 17.6 Å². The van der Waals surface area contributed by atoms with E-state index in [1.54, 1.807) is 0 Å². The van der Waals surface area contributed by atoms with Gasteiger partial charge in [-0.15, -0.1) is 0 Å². The van der Waals surface area contributed by atoms with Crippen LogP contribution in [-0.2, 0) is 22.5 Å². The van der Waals surface area contributed by atoms with Crippen LogP contribution >= 0.6 is 0 Å². The van der Waals surface area contributed by atoms with Gasteiger partial charge in [0.05, 0.1) is 0 Å². The first-order valence-electron chi connectivity index (χ1n) is 7.78. The summed E-state index contributed by atoms with van der Waals surface area (Å²) in [4.78, 5) is 31.1. The molecule has 8 nitrogen and oxygen atoms in total. The van der Waals surface area contributed by atoms with Crippen LogP contribution in [0.2, 0.25) is 0 Å². The van der Waals surface area contributed by atoms with E-state index in [0.717, 1.165) is 17.5 Å². The number of hydrogen-bond donors (Lipinski definition) is 3. The first kappa shape index (κ1) is 18.3. The maximum atomic E-state index is 12.0. The number of methoxy groups -OCH3 is 1. The third-order valence-electron chi connectivity index (χ3n) is 3.43. The lowest BCUT2D eigenvalue weighted by Gasteiger charge is -2.08. The van der Waals surface area contributed by atoms with Crippen LogP contribution in [0.1, 0.15) is 21.6 Å². The van der Waals surface area contributed by atoms with E-state index in [1.807, 2.05) is 24.3 Å². The van der Waals surface area contributed by atoms with E-state index >= 15 is 0 Å². The zero-order valence-corrected chi connectivity index (χ0v) is 14.0. The van der Waals surface area contributed by atoms with E-state index in [9.17, 15) is 9.59 Å². The largest absolute Gasteiger partial charge is 0.382 e. The van der Waals surface area contributed by atoms with E-state index in [-0.39, 0.29) is 29.9 Å². The lowest BCUT2D eigenvalue weighted by atomic mass is 10.1. The third kappa shape index (κ3) is 5.85. The van der Waals surface area contributed by atoms with Crippen molar-refractivity contribution in [3.8, 4) is 0 Å². The molecule has 0 bridgehead atoms. The lowest BCUT2D eigenvalue weighted by Crippen LogP contribution is -2.29. The summed E-state index contributed by atoms with van der Waals surface area (Å²) < 4.78 is 4.74. The molecular formula is C17H21N5O3. The molecule has 0 aliphatic carbocycles. The van der Waals surface area contributed by atoms with Gasteiger partial charge < -0.3 is 21.1 Å². The van der Waals surface area contributed by atoms with Gasteiger partial charge in [0.2, 0.25) is 5.91 Å². The smallest absolute Gasteiger partial charge is 0.273 e. The Morgan fingerprint density at radius 3 is 2.44 bits per heavy atom. The molecule has 2 aromatic rings. The number of aromatic nitrogens is 2. The second-order valence-corrected chi connectivity index (χ2v) is 5.32. The van der Waals surface area contributed by atoms with Crippen LogP contribution in [0.25, 0.3) is 0 Å². The Morgan fingerprint density at radius 1 is 1.08 bits per heavy atom. The summed E-state index contributed by atoms with van der Waals surface area (Å²) in [5.41, 5.74) is 7.78. The van der Waals surface area contributed by atoms with Crippen LogP contribution in [-0.4, -0.2) is 42.0 Å². The molecule has 2 rings (SSSR count). The molecule has 1 heterocycles. The number of nitrogen functional groups attached to an aromatic ring is 1. The molecule has 0 saturated heterocycles. The van der Waals surface area contributed by atoms with Crippen molar-refractivity contribution in [3.63, 3.8) is 0 Å². The Bertz CT molecular complexity index is 718. The number of benzene rings is 1. The van der Waals surface area contributed by atoms with Crippen LogP contribution in [0.4, 0.5) is 5.82 Å². The Kier molecular flexibility index (Phi) is 6.85. The molecule has 132 valence electrons. The van der Waals surface area contributed by atoms with Gasteiger partial charge in [0.25, 0.3) is 5.91 Å². The number of nitrogens with one attached hydrogen (secondary N) is 2. The highest BCUT2D eigenvalue weighted by atomic mass is 16.5. The number of amides is 2. The molecular weight excluding hydrogens is 322 g/mol. The minimum Gasteiger partial charge on any atom is -0.382 e. The van der Waals surface area contributed by atoms with Crippen molar-refractivity contribution in [1.29, 1.82) is 0 Å². The molecule has 0 spiro atoms. The minimum absolute atomic E-state index is 0.0644. The van der Waals surface area contributed by atoms with Gasteiger partial charge in [-0.3, -0.25) is 9.59 Å². The van der Waals surface area contributed by atoms with Gasteiger partial charge in [-0.1, -0.05) is 24.3 Å². The van der Waals surface area contributed by atoms with E-state index in [0.29, 0.717) is 13.1 Å². The summed E-state index contributed by atoms with van der Waals surface area (Å²) in [7, 11) is 1.48. The SMILES string of the molecule is COCC(=O)NCCc1ccc(CNC(=O)c2nccnc2N)cc1. The van der Waals surface area contributed by atoms with Gasteiger partial charge in [-0.25, -0.2) is 9.97 Å². The van der Waals surface area contributed by atoms with Gasteiger partial charge in [-0.2, -0.15) is 0 Å². The molecule has 1 aromatic heterocycles. The number of ether oxygens (including phenoxy) is 1. The highest BCUT2D eigenvalue weighted by Gasteiger charge is 2.11. The monoisotopic (exact) mass is 343 g/mol. The third-order valence-corrected chi connectivity index (χ3v) is 3.43. The van der Waals surface area contributed by atoms with Crippen molar-refractivity contribution in [2.45, 2.75) is 13.0 Å². The minimum atomic E-state index is -0.365. The van der Waals surface area contributed by atoms with Crippen molar-refractivity contribution in [2.75, 3.05) is 26.0 Å². The zero-order valence-electron chi connectivity index (χ0n) is 14.0.